The van der Waals surface area contributed by atoms with Crippen molar-refractivity contribution in [2.45, 2.75) is 25.8 Å². The Morgan fingerprint density at radius 2 is 2.09 bits per heavy atom. The van der Waals surface area contributed by atoms with E-state index in [4.69, 9.17) is 17.0 Å². The third-order valence-corrected chi connectivity index (χ3v) is 4.80. The highest BCUT2D eigenvalue weighted by Gasteiger charge is 2.28. The monoisotopic (exact) mass is 319 g/mol. The van der Waals surface area contributed by atoms with Crippen molar-refractivity contribution in [1.82, 2.24) is 10.2 Å². The van der Waals surface area contributed by atoms with Gasteiger partial charge in [0.2, 0.25) is 0 Å². The van der Waals surface area contributed by atoms with Crippen LogP contribution in [0.5, 0.6) is 0 Å². The number of para-hydroxylation sites is 1. The van der Waals surface area contributed by atoms with E-state index in [1.165, 1.54) is 11.3 Å². The summed E-state index contributed by atoms with van der Waals surface area (Å²) in [5.74, 6) is 0. The first-order chi connectivity index (χ1) is 10.8. The second-order valence-corrected chi connectivity index (χ2v) is 6.48. The van der Waals surface area contributed by atoms with Gasteiger partial charge in [0.15, 0.2) is 5.11 Å². The zero-order valence-corrected chi connectivity index (χ0v) is 14.1. The van der Waals surface area contributed by atoms with Gasteiger partial charge in [0.05, 0.1) is 13.2 Å². The lowest BCUT2D eigenvalue weighted by Gasteiger charge is -2.28. The van der Waals surface area contributed by atoms with Gasteiger partial charge in [0.25, 0.3) is 0 Å². The molecule has 5 heteroatoms. The summed E-state index contributed by atoms with van der Waals surface area (Å²) in [6, 6.07) is 9.00. The number of benzene rings is 1. The van der Waals surface area contributed by atoms with Crippen LogP contribution in [0.4, 0.5) is 5.69 Å². The summed E-state index contributed by atoms with van der Waals surface area (Å²) in [5, 5.41) is 4.30. The Kier molecular flexibility index (Phi) is 5.28. The summed E-state index contributed by atoms with van der Waals surface area (Å²) in [7, 11) is 0. The molecule has 3 rings (SSSR count). The second kappa shape index (κ2) is 7.40. The Hall–Kier alpha value is -1.17. The van der Waals surface area contributed by atoms with Gasteiger partial charge in [0, 0.05) is 31.4 Å². The molecule has 0 saturated carbocycles. The number of ether oxygens (including phenoxy) is 1. The molecular weight excluding hydrogens is 294 g/mol. The number of hydrogen-bond acceptors (Lipinski definition) is 3. The molecule has 0 unspecified atom stereocenters. The number of nitrogens with zero attached hydrogens (tertiary/aromatic N) is 2. The molecule has 0 spiro atoms. The highest BCUT2D eigenvalue weighted by atomic mass is 32.1. The Labute approximate surface area is 138 Å². The number of fused-ring (bicyclic) bond motifs is 1. The van der Waals surface area contributed by atoms with Gasteiger partial charge < -0.3 is 15.0 Å². The lowest BCUT2D eigenvalue weighted by atomic mass is 10.1. The topological polar surface area (TPSA) is 27.7 Å². The molecule has 2 heterocycles. The number of hydrogen-bond donors (Lipinski definition) is 1. The summed E-state index contributed by atoms with van der Waals surface area (Å²) in [6.45, 7) is 8.14. The standard InChI is InChI=1S/C17H25N3OS/c1-14-13-15-5-2-3-6-16(15)20(14)17(22)18-7-4-8-19-9-11-21-12-10-19/h2-3,5-6,14H,4,7-13H2,1H3,(H,18,22)/t14-/m0/s1. The van der Waals surface area contributed by atoms with E-state index in [1.54, 1.807) is 0 Å². The molecule has 0 amide bonds. The van der Waals surface area contributed by atoms with Crippen LogP contribution in [0.1, 0.15) is 18.9 Å². The van der Waals surface area contributed by atoms with Crippen molar-refractivity contribution in [1.29, 1.82) is 0 Å². The lowest BCUT2D eigenvalue weighted by Crippen LogP contribution is -2.44. The van der Waals surface area contributed by atoms with Gasteiger partial charge in [-0.3, -0.25) is 4.90 Å². The first-order valence-corrected chi connectivity index (χ1v) is 8.61. The third-order valence-electron chi connectivity index (χ3n) is 4.46. The highest BCUT2D eigenvalue weighted by molar-refractivity contribution is 7.80. The Morgan fingerprint density at radius 3 is 2.91 bits per heavy atom. The fraction of sp³-hybridized carbons (Fsp3) is 0.588. The maximum absolute atomic E-state index is 5.62. The first kappa shape index (κ1) is 15.7. The molecule has 2 aliphatic heterocycles. The van der Waals surface area contributed by atoms with Gasteiger partial charge in [-0.25, -0.2) is 0 Å². The van der Waals surface area contributed by atoms with Crippen molar-refractivity contribution in [2.75, 3.05) is 44.3 Å². The molecule has 4 nitrogen and oxygen atoms in total. The SMILES string of the molecule is C[C@H]1Cc2ccccc2N1C(=S)NCCCN1CCOCC1. The zero-order valence-electron chi connectivity index (χ0n) is 13.3. The number of anilines is 1. The molecule has 120 valence electrons. The van der Waals surface area contributed by atoms with Gasteiger partial charge in [0.1, 0.15) is 0 Å². The summed E-state index contributed by atoms with van der Waals surface area (Å²) >= 11 is 5.62. The van der Waals surface area contributed by atoms with Crippen molar-refractivity contribution < 1.29 is 4.74 Å². The van der Waals surface area contributed by atoms with Crippen LogP contribution in [0.3, 0.4) is 0 Å². The van der Waals surface area contributed by atoms with Crippen molar-refractivity contribution in [2.24, 2.45) is 0 Å². The molecule has 0 bridgehead atoms. The molecule has 1 fully saturated rings. The summed E-state index contributed by atoms with van der Waals surface area (Å²) in [5.41, 5.74) is 2.66. The normalized spacial score (nSPS) is 21.7. The quantitative estimate of drug-likeness (QED) is 0.677. The largest absolute Gasteiger partial charge is 0.379 e. The smallest absolute Gasteiger partial charge is 0.173 e. The molecule has 0 aromatic heterocycles. The van der Waals surface area contributed by atoms with E-state index in [-0.39, 0.29) is 0 Å². The molecule has 0 aliphatic carbocycles. The van der Waals surface area contributed by atoms with Crippen molar-refractivity contribution in [3.05, 3.63) is 29.8 Å². The first-order valence-electron chi connectivity index (χ1n) is 8.21. The minimum absolute atomic E-state index is 0.441. The maximum Gasteiger partial charge on any atom is 0.173 e. The molecular formula is C17H25N3OS. The predicted octanol–water partition coefficient (Wildman–Crippen LogP) is 2.03. The van der Waals surface area contributed by atoms with E-state index in [9.17, 15) is 0 Å². The van der Waals surface area contributed by atoms with Gasteiger partial charge in [-0.05, 0) is 50.2 Å². The second-order valence-electron chi connectivity index (χ2n) is 6.09. The van der Waals surface area contributed by atoms with Gasteiger partial charge >= 0.3 is 0 Å². The van der Waals surface area contributed by atoms with E-state index >= 15 is 0 Å². The number of thiocarbonyl (C=S) groups is 1. The van der Waals surface area contributed by atoms with Crippen LogP contribution in [0.15, 0.2) is 24.3 Å². The molecule has 1 saturated heterocycles. The van der Waals surface area contributed by atoms with E-state index in [0.717, 1.165) is 57.3 Å². The van der Waals surface area contributed by atoms with Crippen LogP contribution < -0.4 is 10.2 Å². The molecule has 1 N–H and O–H groups in total. The van der Waals surface area contributed by atoms with E-state index in [1.807, 2.05) is 0 Å². The van der Waals surface area contributed by atoms with Crippen LogP contribution in [0, 0.1) is 0 Å². The fourth-order valence-corrected chi connectivity index (χ4v) is 3.66. The zero-order chi connectivity index (χ0) is 15.4. The Balaban J connectivity index is 1.46. The fourth-order valence-electron chi connectivity index (χ4n) is 3.28. The van der Waals surface area contributed by atoms with E-state index in [2.05, 4.69) is 46.3 Å². The summed E-state index contributed by atoms with van der Waals surface area (Å²) in [4.78, 5) is 4.72. The molecule has 0 radical (unpaired) electrons. The van der Waals surface area contributed by atoms with Crippen LogP contribution >= 0.6 is 12.2 Å². The highest BCUT2D eigenvalue weighted by Crippen LogP contribution is 2.31. The van der Waals surface area contributed by atoms with Crippen molar-refractivity contribution in [3.8, 4) is 0 Å². The maximum atomic E-state index is 5.62. The van der Waals surface area contributed by atoms with Crippen molar-refractivity contribution in [3.63, 3.8) is 0 Å². The average Bonchev–Trinajstić information content (AvgIpc) is 2.88. The molecule has 1 atom stereocenters. The summed E-state index contributed by atoms with van der Waals surface area (Å²) in [6.07, 6.45) is 2.19. The number of rotatable bonds is 4. The molecule has 2 aliphatic rings. The minimum atomic E-state index is 0.441. The van der Waals surface area contributed by atoms with Crippen LogP contribution in [-0.4, -0.2) is 55.4 Å². The van der Waals surface area contributed by atoms with Crippen LogP contribution in [0.25, 0.3) is 0 Å². The number of morpholine rings is 1. The Bertz CT molecular complexity index is 516. The third kappa shape index (κ3) is 3.59. The molecule has 1 aromatic carbocycles. The van der Waals surface area contributed by atoms with Crippen LogP contribution in [-0.2, 0) is 11.2 Å². The van der Waals surface area contributed by atoms with Gasteiger partial charge in [-0.15, -0.1) is 0 Å². The molecule has 22 heavy (non-hydrogen) atoms. The minimum Gasteiger partial charge on any atom is -0.379 e. The van der Waals surface area contributed by atoms with Gasteiger partial charge in [-0.1, -0.05) is 18.2 Å². The number of nitrogens with one attached hydrogen (secondary N) is 1. The molecule has 1 aromatic rings. The van der Waals surface area contributed by atoms with Crippen LogP contribution in [0.2, 0.25) is 0 Å². The average molecular weight is 319 g/mol. The van der Waals surface area contributed by atoms with E-state index < -0.39 is 0 Å². The van der Waals surface area contributed by atoms with Crippen molar-refractivity contribution >= 4 is 23.0 Å². The Morgan fingerprint density at radius 1 is 1.32 bits per heavy atom. The van der Waals surface area contributed by atoms with E-state index in [0.29, 0.717) is 6.04 Å². The predicted molar refractivity (Wildman–Crippen MR) is 94.6 cm³/mol. The lowest BCUT2D eigenvalue weighted by molar-refractivity contribution is 0.0376. The summed E-state index contributed by atoms with van der Waals surface area (Å²) < 4.78 is 5.37. The van der Waals surface area contributed by atoms with Gasteiger partial charge in [-0.2, -0.15) is 0 Å².